The monoisotopic (exact) mass is 364 g/mol. The van der Waals surface area contributed by atoms with Gasteiger partial charge in [-0.1, -0.05) is 6.07 Å². The Bertz CT molecular complexity index is 738. The molecule has 1 saturated carbocycles. The number of hydrogen-bond acceptors (Lipinski definition) is 5. The van der Waals surface area contributed by atoms with Crippen molar-refractivity contribution in [3.63, 3.8) is 0 Å². The van der Waals surface area contributed by atoms with Crippen LogP contribution in [0.3, 0.4) is 0 Å². The van der Waals surface area contributed by atoms with E-state index in [0.29, 0.717) is 24.1 Å². The van der Waals surface area contributed by atoms with Gasteiger partial charge in [-0.05, 0) is 42.9 Å². The molecule has 1 aliphatic carbocycles. The number of primary amides is 1. The Morgan fingerprint density at radius 3 is 2.81 bits per heavy atom. The van der Waals surface area contributed by atoms with Gasteiger partial charge in [0.2, 0.25) is 5.91 Å². The number of ketones is 1. The molecule has 140 valence electrons. The second-order valence-corrected chi connectivity index (χ2v) is 6.78. The number of amides is 2. The highest BCUT2D eigenvalue weighted by Crippen LogP contribution is 2.35. The zero-order valence-corrected chi connectivity index (χ0v) is 14.2. The van der Waals surface area contributed by atoms with E-state index in [1.54, 1.807) is 12.1 Å². The highest BCUT2D eigenvalue weighted by Gasteiger charge is 2.34. The molecule has 0 radical (unpaired) electrons. The summed E-state index contributed by atoms with van der Waals surface area (Å²) in [6.45, 7) is 0.224. The number of ether oxygens (including phenoxy) is 1. The van der Waals surface area contributed by atoms with Crippen molar-refractivity contribution in [2.45, 2.75) is 50.2 Å². The maximum absolute atomic E-state index is 14.6. The van der Waals surface area contributed by atoms with Crippen molar-refractivity contribution in [2.75, 3.05) is 11.4 Å². The maximum Gasteiger partial charge on any atom is 0.414 e. The number of halogens is 1. The van der Waals surface area contributed by atoms with Crippen molar-refractivity contribution in [3.8, 4) is 0 Å². The largest absolute Gasteiger partial charge is 0.444 e. The molecular formula is C18H21FN2O5. The second-order valence-electron chi connectivity index (χ2n) is 6.78. The quantitative estimate of drug-likeness (QED) is 0.825. The normalized spacial score (nSPS) is 26.1. The molecule has 0 bridgehead atoms. The third-order valence-corrected chi connectivity index (χ3v) is 4.94. The Labute approximate surface area is 149 Å². The van der Waals surface area contributed by atoms with Gasteiger partial charge in [-0.3, -0.25) is 14.5 Å². The number of aliphatic hydroxyl groups is 1. The van der Waals surface area contributed by atoms with Crippen molar-refractivity contribution in [3.05, 3.63) is 29.6 Å². The molecule has 0 spiro atoms. The molecule has 1 saturated heterocycles. The van der Waals surface area contributed by atoms with Gasteiger partial charge >= 0.3 is 6.09 Å². The summed E-state index contributed by atoms with van der Waals surface area (Å²) >= 11 is 0. The van der Waals surface area contributed by atoms with Crippen LogP contribution in [0.4, 0.5) is 14.9 Å². The first-order chi connectivity index (χ1) is 12.3. The van der Waals surface area contributed by atoms with E-state index in [4.69, 9.17) is 10.5 Å². The first kappa shape index (κ1) is 18.3. The molecule has 1 aromatic rings. The average molecular weight is 364 g/mol. The molecule has 7 nitrogen and oxygen atoms in total. The average Bonchev–Trinajstić information content (AvgIpc) is 2.96. The molecule has 26 heavy (non-hydrogen) atoms. The van der Waals surface area contributed by atoms with Crippen LogP contribution in [-0.4, -0.2) is 41.6 Å². The predicted octanol–water partition coefficient (Wildman–Crippen LogP) is 1.61. The SMILES string of the molecule is NC(=O)CCC1CN(c2ccc(C3CCC(=O)C(O)C3)c(F)c2)C(=O)O1. The summed E-state index contributed by atoms with van der Waals surface area (Å²) in [7, 11) is 0. The Morgan fingerprint density at radius 2 is 2.15 bits per heavy atom. The summed E-state index contributed by atoms with van der Waals surface area (Å²) in [5.74, 6) is -1.39. The lowest BCUT2D eigenvalue weighted by molar-refractivity contribution is -0.129. The Balaban J connectivity index is 1.70. The van der Waals surface area contributed by atoms with E-state index in [-0.39, 0.29) is 37.5 Å². The molecule has 1 aromatic carbocycles. The standard InChI is InChI=1S/C18H21FN2O5/c19-14-8-11(21-9-12(26-18(21)25)3-6-17(20)24)2-4-13(14)10-1-5-15(22)16(23)7-10/h2,4,8,10,12,16,23H,1,3,5-7,9H2,(H2,20,24). The molecule has 2 aliphatic rings. The number of nitrogens with two attached hydrogens (primary N) is 1. The number of Topliss-reactive ketones (excluding diaryl/α,β-unsaturated/α-hetero) is 1. The molecule has 1 heterocycles. The lowest BCUT2D eigenvalue weighted by Gasteiger charge is -2.26. The first-order valence-corrected chi connectivity index (χ1v) is 8.62. The van der Waals surface area contributed by atoms with Crippen LogP contribution in [0.1, 0.15) is 43.6 Å². The number of benzene rings is 1. The Morgan fingerprint density at radius 1 is 1.38 bits per heavy atom. The van der Waals surface area contributed by atoms with Crippen molar-refractivity contribution < 1.29 is 28.6 Å². The van der Waals surface area contributed by atoms with Crippen molar-refractivity contribution >= 4 is 23.5 Å². The van der Waals surface area contributed by atoms with Crippen LogP contribution < -0.4 is 10.6 Å². The molecule has 2 amide bonds. The summed E-state index contributed by atoms with van der Waals surface area (Å²) in [6, 6.07) is 4.47. The van der Waals surface area contributed by atoms with Crippen LogP contribution in [0.5, 0.6) is 0 Å². The van der Waals surface area contributed by atoms with E-state index in [1.807, 2.05) is 0 Å². The molecule has 1 aliphatic heterocycles. The smallest absolute Gasteiger partial charge is 0.414 e. The summed E-state index contributed by atoms with van der Waals surface area (Å²) in [5.41, 5.74) is 5.89. The third-order valence-electron chi connectivity index (χ3n) is 4.94. The van der Waals surface area contributed by atoms with Crippen molar-refractivity contribution in [1.29, 1.82) is 0 Å². The fraction of sp³-hybridized carbons (Fsp3) is 0.500. The molecule has 3 unspecified atom stereocenters. The van der Waals surface area contributed by atoms with E-state index in [9.17, 15) is 23.9 Å². The minimum atomic E-state index is -1.05. The van der Waals surface area contributed by atoms with Crippen molar-refractivity contribution in [1.82, 2.24) is 0 Å². The van der Waals surface area contributed by atoms with E-state index >= 15 is 0 Å². The lowest BCUT2D eigenvalue weighted by atomic mass is 9.81. The third kappa shape index (κ3) is 3.85. The molecule has 2 fully saturated rings. The van der Waals surface area contributed by atoms with Crippen LogP contribution in [0.15, 0.2) is 18.2 Å². The van der Waals surface area contributed by atoms with Gasteiger partial charge in [0, 0.05) is 12.8 Å². The maximum atomic E-state index is 14.6. The van der Waals surface area contributed by atoms with Crippen LogP contribution in [0.25, 0.3) is 0 Å². The van der Waals surface area contributed by atoms with Crippen LogP contribution >= 0.6 is 0 Å². The number of anilines is 1. The summed E-state index contributed by atoms with van der Waals surface area (Å²) in [6.07, 6.45) is -0.737. The molecule has 0 aromatic heterocycles. The molecule has 3 rings (SSSR count). The van der Waals surface area contributed by atoms with Gasteiger partial charge in [-0.2, -0.15) is 0 Å². The van der Waals surface area contributed by atoms with E-state index in [0.717, 1.165) is 0 Å². The number of aliphatic hydroxyl groups excluding tert-OH is 1. The number of nitrogens with zero attached hydrogens (tertiary/aromatic N) is 1. The Kier molecular flexibility index (Phi) is 5.22. The summed E-state index contributed by atoms with van der Waals surface area (Å²) < 4.78 is 19.8. The predicted molar refractivity (Wildman–Crippen MR) is 90.0 cm³/mol. The van der Waals surface area contributed by atoms with Crippen LogP contribution in [0.2, 0.25) is 0 Å². The summed E-state index contributed by atoms with van der Waals surface area (Å²) in [4.78, 5) is 35.6. The van der Waals surface area contributed by atoms with Gasteiger partial charge < -0.3 is 15.6 Å². The zero-order valence-electron chi connectivity index (χ0n) is 14.2. The molecule has 3 N–H and O–H groups in total. The Hall–Kier alpha value is -2.48. The van der Waals surface area contributed by atoms with Gasteiger partial charge in [-0.25, -0.2) is 9.18 Å². The fourth-order valence-electron chi connectivity index (χ4n) is 3.49. The van der Waals surface area contributed by atoms with Gasteiger partial charge in [0.05, 0.1) is 12.2 Å². The number of hydrogen-bond donors (Lipinski definition) is 2. The van der Waals surface area contributed by atoms with Crippen molar-refractivity contribution in [2.24, 2.45) is 5.73 Å². The zero-order chi connectivity index (χ0) is 18.8. The second kappa shape index (κ2) is 7.41. The van der Waals surface area contributed by atoms with Gasteiger partial charge in [0.15, 0.2) is 5.78 Å². The highest BCUT2D eigenvalue weighted by atomic mass is 19.1. The number of carbonyl (C=O) groups is 3. The van der Waals surface area contributed by atoms with Crippen LogP contribution in [-0.2, 0) is 14.3 Å². The lowest BCUT2D eigenvalue weighted by Crippen LogP contribution is -2.29. The minimum absolute atomic E-state index is 0.113. The van der Waals surface area contributed by atoms with E-state index in [1.165, 1.54) is 11.0 Å². The topological polar surface area (TPSA) is 110 Å². The van der Waals surface area contributed by atoms with E-state index in [2.05, 4.69) is 0 Å². The number of cyclic esters (lactones) is 1. The van der Waals surface area contributed by atoms with E-state index < -0.39 is 30.0 Å². The minimum Gasteiger partial charge on any atom is -0.444 e. The first-order valence-electron chi connectivity index (χ1n) is 8.62. The van der Waals surface area contributed by atoms with Gasteiger partial charge in [0.25, 0.3) is 0 Å². The summed E-state index contributed by atoms with van der Waals surface area (Å²) in [5, 5.41) is 9.71. The molecule has 3 atom stereocenters. The number of rotatable bonds is 5. The van der Waals surface area contributed by atoms with Crippen LogP contribution in [0, 0.1) is 5.82 Å². The van der Waals surface area contributed by atoms with Gasteiger partial charge in [-0.15, -0.1) is 0 Å². The number of carbonyl (C=O) groups excluding carboxylic acids is 3. The van der Waals surface area contributed by atoms with Gasteiger partial charge in [0.1, 0.15) is 18.0 Å². The highest BCUT2D eigenvalue weighted by molar-refractivity contribution is 5.90. The molecule has 8 heteroatoms. The molecular weight excluding hydrogens is 343 g/mol. The fourth-order valence-corrected chi connectivity index (χ4v) is 3.49.